The third-order valence-corrected chi connectivity index (χ3v) is 3.73. The molecule has 1 N–H and O–H groups in total. The van der Waals surface area contributed by atoms with E-state index in [2.05, 4.69) is 42.3 Å². The molecule has 1 aliphatic heterocycles. The fraction of sp³-hybridized carbons (Fsp3) is 0.588. The first kappa shape index (κ1) is 16.5. The number of hydrogen-bond donors (Lipinski definition) is 1. The highest BCUT2D eigenvalue weighted by Crippen LogP contribution is 2.25. The summed E-state index contributed by atoms with van der Waals surface area (Å²) in [5.74, 6) is 0. The predicted molar refractivity (Wildman–Crippen MR) is 86.3 cm³/mol. The van der Waals surface area contributed by atoms with Crippen LogP contribution in [0.1, 0.15) is 44.4 Å². The average Bonchev–Trinajstić information content (AvgIpc) is 2.43. The summed E-state index contributed by atoms with van der Waals surface area (Å²) < 4.78 is 0. The quantitative estimate of drug-likeness (QED) is 0.852. The highest BCUT2D eigenvalue weighted by atomic mass is 15.2. The van der Waals surface area contributed by atoms with Crippen molar-refractivity contribution in [1.29, 1.82) is 5.26 Å². The predicted octanol–water partition coefficient (Wildman–Crippen LogP) is 3.39. The largest absolute Gasteiger partial charge is 0.366 e. The Kier molecular flexibility index (Phi) is 6.04. The summed E-state index contributed by atoms with van der Waals surface area (Å²) in [6.45, 7) is 14.5. The van der Waals surface area contributed by atoms with Gasteiger partial charge in [0.15, 0.2) is 0 Å². The van der Waals surface area contributed by atoms with Crippen LogP contribution >= 0.6 is 0 Å². The number of anilines is 1. The fourth-order valence-electron chi connectivity index (χ4n) is 2.66. The molecular weight excluding hydrogens is 246 g/mol. The van der Waals surface area contributed by atoms with Gasteiger partial charge in [0.05, 0.1) is 11.6 Å². The molecule has 0 saturated carbocycles. The van der Waals surface area contributed by atoms with E-state index in [1.165, 1.54) is 5.69 Å². The topological polar surface area (TPSA) is 39.1 Å². The first-order valence-electron chi connectivity index (χ1n) is 7.54. The van der Waals surface area contributed by atoms with Crippen LogP contribution in [0.25, 0.3) is 0 Å². The normalized spacial score (nSPS) is 21.8. The van der Waals surface area contributed by atoms with Crippen LogP contribution in [0.3, 0.4) is 0 Å². The monoisotopic (exact) mass is 273 g/mol. The standard InChI is InChI=1S/C15H21N3.C2H6/c1-10-5-14(6-11(2)15(10)7-16)18-9-12(3)17-8-13(18)4;1-2/h5-6,12-13,17H,8-9H2,1-4H3;1-2H3/t12-,13?;/m1./s1. The van der Waals surface area contributed by atoms with Gasteiger partial charge in [-0.05, 0) is 51.0 Å². The van der Waals surface area contributed by atoms with Crippen molar-refractivity contribution in [3.05, 3.63) is 28.8 Å². The Bertz CT molecular complexity index is 464. The second-order valence-corrected chi connectivity index (χ2v) is 5.38. The van der Waals surface area contributed by atoms with E-state index in [0.29, 0.717) is 12.1 Å². The average molecular weight is 273 g/mol. The number of nitrogens with one attached hydrogen (secondary N) is 1. The molecule has 0 radical (unpaired) electrons. The Morgan fingerprint density at radius 2 is 1.75 bits per heavy atom. The van der Waals surface area contributed by atoms with Crippen LogP contribution in [0.4, 0.5) is 5.69 Å². The molecule has 0 bridgehead atoms. The van der Waals surface area contributed by atoms with Gasteiger partial charge in [0.2, 0.25) is 0 Å². The summed E-state index contributed by atoms with van der Waals surface area (Å²) in [7, 11) is 0. The summed E-state index contributed by atoms with van der Waals surface area (Å²) in [6.07, 6.45) is 0. The summed E-state index contributed by atoms with van der Waals surface area (Å²) >= 11 is 0. The number of aryl methyl sites for hydroxylation is 2. The molecule has 110 valence electrons. The second-order valence-electron chi connectivity index (χ2n) is 5.38. The lowest BCUT2D eigenvalue weighted by Gasteiger charge is -2.39. The van der Waals surface area contributed by atoms with Crippen LogP contribution in [-0.2, 0) is 0 Å². The molecule has 1 aromatic carbocycles. The van der Waals surface area contributed by atoms with Gasteiger partial charge < -0.3 is 10.2 Å². The molecule has 20 heavy (non-hydrogen) atoms. The Balaban J connectivity index is 0.000000956. The van der Waals surface area contributed by atoms with Crippen LogP contribution < -0.4 is 10.2 Å². The van der Waals surface area contributed by atoms with E-state index in [0.717, 1.165) is 29.8 Å². The van der Waals surface area contributed by atoms with E-state index in [4.69, 9.17) is 5.26 Å². The lowest BCUT2D eigenvalue weighted by atomic mass is 10.0. The minimum atomic E-state index is 0.493. The van der Waals surface area contributed by atoms with Crippen molar-refractivity contribution in [3.63, 3.8) is 0 Å². The lowest BCUT2D eigenvalue weighted by molar-refractivity contribution is 0.425. The molecule has 3 heteroatoms. The van der Waals surface area contributed by atoms with Crippen molar-refractivity contribution in [1.82, 2.24) is 5.32 Å². The molecule has 0 amide bonds. The van der Waals surface area contributed by atoms with Crippen molar-refractivity contribution < 1.29 is 0 Å². The Labute approximate surface area is 123 Å². The molecule has 1 aromatic rings. The number of nitrogens with zero attached hydrogens (tertiary/aromatic N) is 2. The third-order valence-electron chi connectivity index (χ3n) is 3.73. The number of piperazine rings is 1. The molecule has 1 unspecified atom stereocenters. The van der Waals surface area contributed by atoms with Gasteiger partial charge in [-0.15, -0.1) is 0 Å². The van der Waals surface area contributed by atoms with E-state index in [1.807, 2.05) is 27.7 Å². The van der Waals surface area contributed by atoms with Gasteiger partial charge in [-0.1, -0.05) is 13.8 Å². The van der Waals surface area contributed by atoms with Crippen molar-refractivity contribution >= 4 is 5.69 Å². The highest BCUT2D eigenvalue weighted by molar-refractivity contribution is 5.58. The SMILES string of the molecule is CC.Cc1cc(N2C[C@@H](C)NCC2C)cc(C)c1C#N. The number of nitriles is 1. The van der Waals surface area contributed by atoms with Gasteiger partial charge >= 0.3 is 0 Å². The van der Waals surface area contributed by atoms with Gasteiger partial charge in [0.1, 0.15) is 0 Å². The van der Waals surface area contributed by atoms with Gasteiger partial charge in [-0.2, -0.15) is 5.26 Å². The van der Waals surface area contributed by atoms with Crippen LogP contribution in [-0.4, -0.2) is 25.2 Å². The molecular formula is C17H27N3. The van der Waals surface area contributed by atoms with Crippen molar-refractivity contribution in [2.24, 2.45) is 0 Å². The van der Waals surface area contributed by atoms with E-state index in [1.54, 1.807) is 0 Å². The zero-order valence-corrected chi connectivity index (χ0v) is 13.6. The minimum Gasteiger partial charge on any atom is -0.366 e. The molecule has 3 nitrogen and oxygen atoms in total. The van der Waals surface area contributed by atoms with Crippen LogP contribution in [0, 0.1) is 25.2 Å². The van der Waals surface area contributed by atoms with Gasteiger partial charge in [0, 0.05) is 30.9 Å². The van der Waals surface area contributed by atoms with Gasteiger partial charge in [0.25, 0.3) is 0 Å². The Morgan fingerprint density at radius 3 is 2.25 bits per heavy atom. The lowest BCUT2D eigenvalue weighted by Crippen LogP contribution is -2.54. The molecule has 1 aliphatic rings. The molecule has 2 atom stereocenters. The van der Waals surface area contributed by atoms with Crippen LogP contribution in [0.2, 0.25) is 0 Å². The first-order valence-corrected chi connectivity index (χ1v) is 7.54. The van der Waals surface area contributed by atoms with E-state index < -0.39 is 0 Å². The fourth-order valence-corrected chi connectivity index (χ4v) is 2.66. The smallest absolute Gasteiger partial charge is 0.0997 e. The number of benzene rings is 1. The molecule has 1 heterocycles. The second kappa shape index (κ2) is 7.31. The molecule has 0 spiro atoms. The first-order chi connectivity index (χ1) is 9.52. The van der Waals surface area contributed by atoms with Crippen molar-refractivity contribution in [2.45, 2.75) is 53.6 Å². The van der Waals surface area contributed by atoms with Crippen LogP contribution in [0.5, 0.6) is 0 Å². The van der Waals surface area contributed by atoms with E-state index in [-0.39, 0.29) is 0 Å². The molecule has 0 aliphatic carbocycles. The molecule has 0 aromatic heterocycles. The van der Waals surface area contributed by atoms with Crippen LogP contribution in [0.15, 0.2) is 12.1 Å². The maximum absolute atomic E-state index is 9.12. The zero-order chi connectivity index (χ0) is 15.3. The summed E-state index contributed by atoms with van der Waals surface area (Å²) in [5.41, 5.74) is 4.20. The highest BCUT2D eigenvalue weighted by Gasteiger charge is 2.23. The van der Waals surface area contributed by atoms with Gasteiger partial charge in [-0.3, -0.25) is 0 Å². The Morgan fingerprint density at radius 1 is 1.20 bits per heavy atom. The third kappa shape index (κ3) is 3.52. The van der Waals surface area contributed by atoms with Crippen molar-refractivity contribution in [3.8, 4) is 6.07 Å². The number of hydrogen-bond acceptors (Lipinski definition) is 3. The maximum atomic E-state index is 9.12. The van der Waals surface area contributed by atoms with Crippen molar-refractivity contribution in [2.75, 3.05) is 18.0 Å². The van der Waals surface area contributed by atoms with E-state index in [9.17, 15) is 0 Å². The van der Waals surface area contributed by atoms with E-state index >= 15 is 0 Å². The molecule has 1 fully saturated rings. The zero-order valence-electron chi connectivity index (χ0n) is 13.6. The summed E-state index contributed by atoms with van der Waals surface area (Å²) in [5, 5.41) is 12.6. The Hall–Kier alpha value is -1.53. The number of rotatable bonds is 1. The summed E-state index contributed by atoms with van der Waals surface area (Å²) in [6, 6.07) is 7.57. The molecule has 1 saturated heterocycles. The molecule has 2 rings (SSSR count). The summed E-state index contributed by atoms with van der Waals surface area (Å²) in [4.78, 5) is 2.43. The van der Waals surface area contributed by atoms with Gasteiger partial charge in [-0.25, -0.2) is 0 Å². The maximum Gasteiger partial charge on any atom is 0.0997 e. The minimum absolute atomic E-state index is 0.493.